The van der Waals surface area contributed by atoms with Crippen molar-refractivity contribution >= 4 is 164 Å². The number of carbonyl (C=O) groups is 19. The summed E-state index contributed by atoms with van der Waals surface area (Å²) < 4.78 is 0. The second kappa shape index (κ2) is 49.1. The van der Waals surface area contributed by atoms with Crippen molar-refractivity contribution in [1.82, 2.24) is 63.8 Å². The fourth-order valence-corrected chi connectivity index (χ4v) is 16.6. The molecule has 1 fully saturated rings. The monoisotopic (exact) mass is 1860 g/mol. The van der Waals surface area contributed by atoms with Gasteiger partial charge in [0.15, 0.2) is 5.78 Å². The molecule has 0 aromatic heterocycles. The normalized spacial score (nSPS) is 20.6. The van der Waals surface area contributed by atoms with Gasteiger partial charge < -0.3 is 107 Å². The number of nitrogens with one attached hydrogen (secondary N) is 12. The third kappa shape index (κ3) is 33.6. The Labute approximate surface area is 760 Å². The number of primary amides is 2. The molecular weight excluding hydrogens is 1750 g/mol. The van der Waals surface area contributed by atoms with Crippen LogP contribution in [-0.4, -0.2) is 245 Å². The average molecular weight is 1860 g/mol. The van der Waals surface area contributed by atoms with Gasteiger partial charge in [0.1, 0.15) is 77.4 Å². The Balaban J connectivity index is 1.19. The number of carboxylic acid groups (broad SMARTS) is 4. The number of amides is 14. The van der Waals surface area contributed by atoms with E-state index in [1.807, 2.05) is 0 Å². The molecule has 7 rings (SSSR count). The molecule has 13 unspecified atom stereocenters. The predicted molar refractivity (Wildman–Crippen MR) is 479 cm³/mol. The van der Waals surface area contributed by atoms with E-state index in [2.05, 4.69) is 68.8 Å². The van der Waals surface area contributed by atoms with Crippen molar-refractivity contribution in [2.75, 3.05) is 17.3 Å². The number of hydrogen-bond acceptors (Lipinski definition) is 25. The van der Waals surface area contributed by atoms with Crippen LogP contribution in [0.4, 0.5) is 0 Å². The van der Waals surface area contributed by atoms with Gasteiger partial charge in [0.25, 0.3) is 11.8 Å². The number of rotatable bonds is 36. The highest BCUT2D eigenvalue weighted by atomic mass is 32.2. The lowest BCUT2D eigenvalue weighted by molar-refractivity contribution is -0.141. The van der Waals surface area contributed by atoms with Crippen LogP contribution in [0.1, 0.15) is 133 Å². The first-order chi connectivity index (χ1) is 61.3. The van der Waals surface area contributed by atoms with Crippen molar-refractivity contribution in [2.24, 2.45) is 27.6 Å². The number of ketones is 1. The topological polar surface area (TPSA) is 660 Å². The lowest BCUT2D eigenvalue weighted by atomic mass is 9.85. The third-order valence-electron chi connectivity index (χ3n) is 20.5. The number of phenols is 1. The van der Waals surface area contributed by atoms with E-state index in [9.17, 15) is 117 Å². The van der Waals surface area contributed by atoms with Crippen LogP contribution in [-0.2, 0) is 128 Å². The highest BCUT2D eigenvalue weighted by Crippen LogP contribution is 2.36. The van der Waals surface area contributed by atoms with E-state index in [0.29, 0.717) is 38.6 Å². The van der Waals surface area contributed by atoms with Gasteiger partial charge in [-0.15, -0.1) is 0 Å². The Morgan fingerprint density at radius 3 is 1.75 bits per heavy atom. The molecule has 14 amide bonds. The summed E-state index contributed by atoms with van der Waals surface area (Å²) in [5.41, 5.74) is 16.9. The van der Waals surface area contributed by atoms with Crippen LogP contribution in [0.15, 0.2) is 120 Å². The fourth-order valence-electron chi connectivity index (χ4n) is 13.6. The van der Waals surface area contributed by atoms with Crippen LogP contribution in [0, 0.1) is 5.41 Å². The van der Waals surface area contributed by atoms with Crippen molar-refractivity contribution in [2.45, 2.75) is 220 Å². The Morgan fingerprint density at radius 1 is 0.585 bits per heavy atom. The fraction of sp³-hybridized carbons (Fsp3) is 0.448. The highest BCUT2D eigenvalue weighted by molar-refractivity contribution is 7.99. The predicted octanol–water partition coefficient (Wildman–Crippen LogP) is -0.550. The molecule has 5 aromatic rings. The lowest BCUT2D eigenvalue weighted by Crippen LogP contribution is -2.61. The summed E-state index contributed by atoms with van der Waals surface area (Å²) in [5, 5.41) is 81.1. The zero-order valence-electron chi connectivity index (χ0n) is 72.4. The molecule has 1 aliphatic carbocycles. The van der Waals surface area contributed by atoms with Crippen molar-refractivity contribution in [3.05, 3.63) is 149 Å². The van der Waals surface area contributed by atoms with Crippen molar-refractivity contribution < 1.29 is 117 Å². The van der Waals surface area contributed by atoms with E-state index in [1.54, 1.807) is 105 Å². The quantitative estimate of drug-likeness (QED) is 0.0224. The number of carbonyl (C=O) groups excluding carboxylic acids is 15. The minimum Gasteiger partial charge on any atom is -0.508 e. The Hall–Kier alpha value is -12.9. The largest absolute Gasteiger partial charge is 0.508 e. The number of aliphatic carboxylic acids is 4. The van der Waals surface area contributed by atoms with Gasteiger partial charge in [-0.1, -0.05) is 138 Å². The molecule has 130 heavy (non-hydrogen) atoms. The number of nitrogens with zero attached hydrogens (tertiary/aromatic N) is 1. The van der Waals surface area contributed by atoms with Gasteiger partial charge in [0, 0.05) is 79.1 Å². The summed E-state index contributed by atoms with van der Waals surface area (Å²) in [7, 11) is 0. The summed E-state index contributed by atoms with van der Waals surface area (Å²) >= 11 is 3.47. The molecule has 1 heterocycles. The lowest BCUT2D eigenvalue weighted by Gasteiger charge is -2.32. The summed E-state index contributed by atoms with van der Waals surface area (Å²) in [5.74, 6) is -21.5. The zero-order chi connectivity index (χ0) is 96.0. The SMILES string of the molecule is CC(C)NC1CSCc2cc(CSCC(NC(=O)C(NC(=O)C(CC(=O)O)NC(=O)C(Cc3ccc(O)cc3)=NC(=O)C(Cc3ccccc3)NC(=O)C(N)CC(=O)O)C(C)(C)C)C(N)=O)cc(c2)CSCC(C(=O)NC2(CCC(=O)O)CC2=O)NC(=O)C(C)NC(=O)C(Cc2cccc3ccccc23)NC(=O)C(CCC(=O)O)NC(=O)C(CC(N)=O)NC(=O)C(C)NC1=O. The number of aliphatic imine (C=N–C) groups is 1. The van der Waals surface area contributed by atoms with Crippen molar-refractivity contribution in [1.29, 1.82) is 0 Å². The molecule has 0 spiro atoms. The van der Waals surface area contributed by atoms with Crippen molar-refractivity contribution in [3.63, 3.8) is 0 Å². The Bertz CT molecular complexity index is 5070. The number of nitrogens with two attached hydrogens (primary N) is 3. The molecule has 2 aliphatic rings. The van der Waals surface area contributed by atoms with Gasteiger partial charge >= 0.3 is 23.9 Å². The average Bonchev–Trinajstić information content (AvgIpc) is 1.61. The second-order valence-corrected chi connectivity index (χ2v) is 36.0. The molecule has 1 aliphatic heterocycles. The van der Waals surface area contributed by atoms with E-state index in [0.717, 1.165) is 23.5 Å². The maximum Gasteiger partial charge on any atom is 0.305 e. The number of thioether (sulfide) groups is 3. The number of benzene rings is 5. The first kappa shape index (κ1) is 104. The first-order valence-electron chi connectivity index (χ1n) is 41.4. The van der Waals surface area contributed by atoms with Crippen LogP contribution >= 0.6 is 35.3 Å². The van der Waals surface area contributed by atoms with E-state index in [1.165, 1.54) is 70.6 Å². The molecular formula is C87H110N16O24S3. The maximum absolute atomic E-state index is 14.8. The van der Waals surface area contributed by atoms with E-state index in [-0.39, 0.29) is 77.6 Å². The molecule has 0 saturated heterocycles. The van der Waals surface area contributed by atoms with Gasteiger partial charge in [0.2, 0.25) is 70.9 Å². The minimum atomic E-state index is -2.03. The third-order valence-corrected chi connectivity index (χ3v) is 23.9. The number of phenolic OH excluding ortho intramolecular Hbond substituents is 1. The summed E-state index contributed by atoms with van der Waals surface area (Å²) in [6.45, 7) is 10.6. The van der Waals surface area contributed by atoms with E-state index in [4.69, 9.17) is 17.2 Å². The number of fused-ring (bicyclic) bond motifs is 3. The molecule has 2 bridgehead atoms. The number of carboxylic acids is 4. The standard InChI is InChI=1S/C87H110N16O24S3/c1-44(2)91-64-42-129-39-50-28-49(38-128-41-63(73(90)115)100-85(127)72(86(5,6)7)102-82(124)62(36-71(113)114)99-80(122)59(32-48-20-22-54(104)23-21-48)97-79(121)58(31-47-14-9-8-10-15-47)96-76(118)56(88)34-70(111)112)29-51(30-50)40-130-43-65(84(126)103-87(37-66(87)105)27-26-69(109)110)101-75(117)46(4)92-78(120)60(33-53-18-13-17-52-16-11-12-19-55(52)53)98-77(119)57(24-25-68(107)108)94-81(123)61(35-67(89)106)95-74(116)45(3)93-83(64)125/h8-23,28-30,44-46,56-58,60-65,72,91,104H,24-27,31-43,88H2,1-7H3,(H2,89,106)(H2,90,115)(H,92,120)(H,93,125)(H,94,123)(H,95,116)(H,96,118)(H,98,119)(H,99,122)(H,100,127)(H,101,117)(H,102,124)(H,103,126)(H,107,108)(H,109,110)(H,111,112)(H,113,114). The molecule has 700 valence electrons. The van der Waals surface area contributed by atoms with Gasteiger partial charge in [-0.3, -0.25) is 91.1 Å². The highest BCUT2D eigenvalue weighted by Gasteiger charge is 2.55. The van der Waals surface area contributed by atoms with E-state index >= 15 is 0 Å². The van der Waals surface area contributed by atoms with Crippen LogP contribution in [0.2, 0.25) is 0 Å². The molecule has 5 aromatic carbocycles. The number of aromatic hydroxyl groups is 1. The van der Waals surface area contributed by atoms with Gasteiger partial charge in [0.05, 0.1) is 31.3 Å². The van der Waals surface area contributed by atoms with E-state index < -0.39 is 246 Å². The summed E-state index contributed by atoms with van der Waals surface area (Å²) in [6.07, 6.45) is -6.31. The molecule has 1 saturated carbocycles. The van der Waals surface area contributed by atoms with Gasteiger partial charge in [-0.25, -0.2) is 4.99 Å². The Morgan fingerprint density at radius 2 is 1.15 bits per heavy atom. The van der Waals surface area contributed by atoms with Crippen molar-refractivity contribution in [3.8, 4) is 5.75 Å². The zero-order valence-corrected chi connectivity index (χ0v) is 74.8. The minimum absolute atomic E-state index is 0.0318. The second-order valence-electron chi connectivity index (χ2n) is 32.9. The smallest absolute Gasteiger partial charge is 0.305 e. The van der Waals surface area contributed by atoms with Crippen LogP contribution in [0.5, 0.6) is 5.75 Å². The Kier molecular flexibility index (Phi) is 39.3. The summed E-state index contributed by atoms with van der Waals surface area (Å²) in [4.78, 5) is 263. The molecule has 40 nitrogen and oxygen atoms in total. The van der Waals surface area contributed by atoms with Crippen LogP contribution < -0.4 is 81.0 Å². The molecule has 43 heteroatoms. The molecule has 13 atom stereocenters. The van der Waals surface area contributed by atoms with Crippen LogP contribution in [0.25, 0.3) is 10.8 Å². The first-order valence-corrected chi connectivity index (χ1v) is 44.8. The summed E-state index contributed by atoms with van der Waals surface area (Å²) in [6, 6.07) is 11.3. The number of hydrogen-bond donors (Lipinski definition) is 20. The molecule has 23 N–H and O–H groups in total. The van der Waals surface area contributed by atoms with Crippen LogP contribution in [0.3, 0.4) is 0 Å². The maximum atomic E-state index is 14.8. The van der Waals surface area contributed by atoms with Gasteiger partial charge in [-0.05, 0) is 88.4 Å². The van der Waals surface area contributed by atoms with Gasteiger partial charge in [-0.2, -0.15) is 35.3 Å². The number of Topliss-reactive ketones (excluding diaryl/α,β-unsaturated/α-hetero) is 1. The molecule has 0 radical (unpaired) electrons.